The highest BCUT2D eigenvalue weighted by Crippen LogP contribution is 2.33. The van der Waals surface area contributed by atoms with Gasteiger partial charge in [0, 0.05) is 16.6 Å². The van der Waals surface area contributed by atoms with Gasteiger partial charge in [-0.1, -0.05) is 76.6 Å². The summed E-state index contributed by atoms with van der Waals surface area (Å²) in [6.45, 7) is 6.24. The third-order valence-electron chi connectivity index (χ3n) is 7.68. The van der Waals surface area contributed by atoms with Crippen molar-refractivity contribution in [1.29, 1.82) is 0 Å². The SMILES string of the molecule is CCCc1cc(NC(=O)C(C)C2CCCC(CCc3ccc(CC)cc3Cl)CCC2)ccc1F. The summed E-state index contributed by atoms with van der Waals surface area (Å²) < 4.78 is 13.9. The van der Waals surface area contributed by atoms with Gasteiger partial charge in [0.15, 0.2) is 0 Å². The van der Waals surface area contributed by atoms with Crippen LogP contribution in [0.25, 0.3) is 0 Å². The molecule has 1 unspecified atom stereocenters. The molecule has 4 heteroatoms. The molecule has 34 heavy (non-hydrogen) atoms. The van der Waals surface area contributed by atoms with E-state index >= 15 is 0 Å². The van der Waals surface area contributed by atoms with Crippen molar-refractivity contribution >= 4 is 23.2 Å². The minimum Gasteiger partial charge on any atom is -0.326 e. The van der Waals surface area contributed by atoms with Gasteiger partial charge >= 0.3 is 0 Å². The second-order valence-corrected chi connectivity index (χ2v) is 10.5. The predicted molar refractivity (Wildman–Crippen MR) is 142 cm³/mol. The second-order valence-electron chi connectivity index (χ2n) is 10.1. The highest BCUT2D eigenvalue weighted by Gasteiger charge is 2.26. The molecule has 3 rings (SSSR count). The van der Waals surface area contributed by atoms with Crippen molar-refractivity contribution in [2.75, 3.05) is 5.32 Å². The summed E-state index contributed by atoms with van der Waals surface area (Å²) in [6.07, 6.45) is 11.8. The molecule has 1 fully saturated rings. The van der Waals surface area contributed by atoms with Crippen LogP contribution in [0.5, 0.6) is 0 Å². The maximum absolute atomic E-state index is 13.9. The van der Waals surface area contributed by atoms with Gasteiger partial charge in [0.05, 0.1) is 0 Å². The van der Waals surface area contributed by atoms with Gasteiger partial charge in [0.25, 0.3) is 0 Å². The lowest BCUT2D eigenvalue weighted by Crippen LogP contribution is -2.28. The van der Waals surface area contributed by atoms with Crippen LogP contribution in [0.2, 0.25) is 5.02 Å². The number of halogens is 2. The summed E-state index contributed by atoms with van der Waals surface area (Å²) in [7, 11) is 0. The Kier molecular flexibility index (Phi) is 10.4. The number of carbonyl (C=O) groups excluding carboxylic acids is 1. The molecule has 0 bridgehead atoms. The van der Waals surface area contributed by atoms with E-state index in [1.807, 2.05) is 6.92 Å². The van der Waals surface area contributed by atoms with Crippen LogP contribution in [0.1, 0.15) is 88.8 Å². The Morgan fingerprint density at radius 3 is 2.41 bits per heavy atom. The molecule has 1 saturated carbocycles. The molecule has 0 saturated heterocycles. The molecule has 186 valence electrons. The predicted octanol–water partition coefficient (Wildman–Crippen LogP) is 8.79. The number of amides is 1. The van der Waals surface area contributed by atoms with Crippen molar-refractivity contribution in [1.82, 2.24) is 0 Å². The van der Waals surface area contributed by atoms with Crippen molar-refractivity contribution in [3.8, 4) is 0 Å². The zero-order valence-corrected chi connectivity index (χ0v) is 21.9. The Balaban J connectivity index is 1.47. The molecule has 1 N–H and O–H groups in total. The molecule has 0 radical (unpaired) electrons. The first kappa shape index (κ1) is 26.7. The van der Waals surface area contributed by atoms with Gasteiger partial charge in [0.2, 0.25) is 5.91 Å². The number of hydrogen-bond donors (Lipinski definition) is 1. The van der Waals surface area contributed by atoms with E-state index in [1.54, 1.807) is 12.1 Å². The van der Waals surface area contributed by atoms with Crippen molar-refractivity contribution < 1.29 is 9.18 Å². The van der Waals surface area contributed by atoms with Gasteiger partial charge in [-0.15, -0.1) is 0 Å². The minimum atomic E-state index is -0.192. The first-order valence-corrected chi connectivity index (χ1v) is 13.7. The zero-order chi connectivity index (χ0) is 24.5. The monoisotopic (exact) mass is 485 g/mol. The van der Waals surface area contributed by atoms with Gasteiger partial charge in [-0.05, 0) is 91.3 Å². The third kappa shape index (κ3) is 7.57. The van der Waals surface area contributed by atoms with E-state index in [0.717, 1.165) is 43.0 Å². The maximum atomic E-state index is 13.9. The van der Waals surface area contributed by atoms with Gasteiger partial charge < -0.3 is 5.32 Å². The van der Waals surface area contributed by atoms with Crippen LogP contribution in [0.4, 0.5) is 10.1 Å². The van der Waals surface area contributed by atoms with Gasteiger partial charge in [0.1, 0.15) is 5.82 Å². The summed E-state index contributed by atoms with van der Waals surface area (Å²) in [6, 6.07) is 11.4. The van der Waals surface area contributed by atoms with Crippen LogP contribution in [-0.2, 0) is 24.1 Å². The Hall–Kier alpha value is -1.87. The molecule has 1 amide bonds. The minimum absolute atomic E-state index is 0.0351. The molecule has 2 aromatic rings. The fourth-order valence-corrected chi connectivity index (χ4v) is 5.67. The Labute approximate surface area is 210 Å². The number of rotatable bonds is 9. The molecule has 1 aliphatic rings. The second kappa shape index (κ2) is 13.3. The van der Waals surface area contributed by atoms with Crippen molar-refractivity contribution in [3.05, 3.63) is 63.9 Å². The molecule has 1 atom stereocenters. The fraction of sp³-hybridized carbons (Fsp3) is 0.567. The quantitative estimate of drug-likeness (QED) is 0.377. The lowest BCUT2D eigenvalue weighted by molar-refractivity contribution is -0.121. The number of nitrogens with one attached hydrogen (secondary N) is 1. The van der Waals surface area contributed by atoms with E-state index in [1.165, 1.54) is 49.3 Å². The Bertz CT molecular complexity index is 933. The third-order valence-corrected chi connectivity index (χ3v) is 8.03. The van der Waals surface area contributed by atoms with E-state index in [-0.39, 0.29) is 17.6 Å². The van der Waals surface area contributed by atoms with Gasteiger partial charge in [-0.2, -0.15) is 0 Å². The lowest BCUT2D eigenvalue weighted by atomic mass is 9.78. The van der Waals surface area contributed by atoms with Gasteiger partial charge in [-0.3, -0.25) is 4.79 Å². The largest absolute Gasteiger partial charge is 0.326 e. The van der Waals surface area contributed by atoms with Crippen LogP contribution in [0.15, 0.2) is 36.4 Å². The van der Waals surface area contributed by atoms with E-state index in [2.05, 4.69) is 37.4 Å². The van der Waals surface area contributed by atoms with E-state index in [9.17, 15) is 9.18 Å². The lowest BCUT2D eigenvalue weighted by Gasteiger charge is -2.28. The molecule has 0 heterocycles. The molecule has 0 aromatic heterocycles. The first-order valence-electron chi connectivity index (χ1n) is 13.3. The number of anilines is 1. The number of aryl methyl sites for hydroxylation is 3. The van der Waals surface area contributed by atoms with Crippen molar-refractivity contribution in [2.45, 2.75) is 91.4 Å². The van der Waals surface area contributed by atoms with E-state index in [4.69, 9.17) is 11.6 Å². The van der Waals surface area contributed by atoms with E-state index < -0.39 is 0 Å². The summed E-state index contributed by atoms with van der Waals surface area (Å²) in [4.78, 5) is 12.9. The Morgan fingerprint density at radius 2 is 1.76 bits per heavy atom. The molecule has 1 aliphatic carbocycles. The van der Waals surface area contributed by atoms with Gasteiger partial charge in [-0.25, -0.2) is 4.39 Å². The summed E-state index contributed by atoms with van der Waals surface area (Å²) in [5.41, 5.74) is 3.95. The van der Waals surface area contributed by atoms with Crippen molar-refractivity contribution in [3.63, 3.8) is 0 Å². The van der Waals surface area contributed by atoms with Crippen LogP contribution < -0.4 is 5.32 Å². The molecule has 2 nitrogen and oxygen atoms in total. The highest BCUT2D eigenvalue weighted by molar-refractivity contribution is 6.31. The summed E-state index contributed by atoms with van der Waals surface area (Å²) in [5.74, 6) is 0.979. The van der Waals surface area contributed by atoms with Crippen LogP contribution in [0, 0.1) is 23.6 Å². The molecule has 0 spiro atoms. The average Bonchev–Trinajstić information content (AvgIpc) is 2.81. The molecule has 2 aromatic carbocycles. The maximum Gasteiger partial charge on any atom is 0.227 e. The zero-order valence-electron chi connectivity index (χ0n) is 21.1. The first-order chi connectivity index (χ1) is 16.4. The number of carbonyl (C=O) groups is 1. The molecular weight excluding hydrogens is 445 g/mol. The number of hydrogen-bond acceptors (Lipinski definition) is 1. The fourth-order valence-electron chi connectivity index (χ4n) is 5.37. The summed E-state index contributed by atoms with van der Waals surface area (Å²) >= 11 is 6.50. The highest BCUT2D eigenvalue weighted by atomic mass is 35.5. The standard InChI is InChI=1S/C30H41ClFNO/c1-4-8-26-20-27(17-18-29(26)32)33-30(34)21(3)24-11-6-9-23(10-7-12-24)14-16-25-15-13-22(5-2)19-28(25)31/h13,15,17-21,23-24H,4-12,14,16H2,1-3H3,(H,33,34). The molecule has 0 aliphatic heterocycles. The normalized spacial score (nSPS) is 19.8. The van der Waals surface area contributed by atoms with Crippen molar-refractivity contribution in [2.24, 2.45) is 17.8 Å². The summed E-state index contributed by atoms with van der Waals surface area (Å²) in [5, 5.41) is 3.95. The van der Waals surface area contributed by atoms with Crippen LogP contribution >= 0.6 is 11.6 Å². The topological polar surface area (TPSA) is 29.1 Å². The average molecular weight is 486 g/mol. The number of benzene rings is 2. The smallest absolute Gasteiger partial charge is 0.227 e. The van der Waals surface area contributed by atoms with E-state index in [0.29, 0.717) is 23.6 Å². The van der Waals surface area contributed by atoms with Crippen LogP contribution in [-0.4, -0.2) is 5.91 Å². The Morgan fingerprint density at radius 1 is 1.03 bits per heavy atom. The van der Waals surface area contributed by atoms with Crippen LogP contribution in [0.3, 0.4) is 0 Å². The molecular formula is C30H41ClFNO.